The van der Waals surface area contributed by atoms with Crippen molar-refractivity contribution in [2.24, 2.45) is 0 Å². The van der Waals surface area contributed by atoms with Crippen molar-refractivity contribution in [1.29, 1.82) is 0 Å². The number of sulfonamides is 1. The van der Waals surface area contributed by atoms with Crippen molar-refractivity contribution in [2.45, 2.75) is 30.2 Å². The van der Waals surface area contributed by atoms with E-state index in [0.29, 0.717) is 30.1 Å². The van der Waals surface area contributed by atoms with Crippen LogP contribution in [0.1, 0.15) is 19.3 Å². The molecule has 27 heavy (non-hydrogen) atoms. The molecule has 0 N–H and O–H groups in total. The van der Waals surface area contributed by atoms with Crippen LogP contribution in [0.2, 0.25) is 0 Å². The number of benzene rings is 2. The molecule has 4 rings (SSSR count). The number of carbonyl (C=O) groups is 1. The topological polar surface area (TPSA) is 82.1 Å². The van der Waals surface area contributed by atoms with Crippen molar-refractivity contribution in [1.82, 2.24) is 4.31 Å². The second kappa shape index (κ2) is 7.21. The van der Waals surface area contributed by atoms with Crippen LogP contribution in [0.25, 0.3) is 0 Å². The van der Waals surface area contributed by atoms with Crippen molar-refractivity contribution in [2.75, 3.05) is 13.3 Å². The van der Waals surface area contributed by atoms with Gasteiger partial charge in [0.2, 0.25) is 16.8 Å². The van der Waals surface area contributed by atoms with Gasteiger partial charge in [-0.3, -0.25) is 0 Å². The molecule has 1 saturated heterocycles. The van der Waals surface area contributed by atoms with Crippen LogP contribution in [0.4, 0.5) is 0 Å². The molecule has 0 unspecified atom stereocenters. The van der Waals surface area contributed by atoms with Gasteiger partial charge < -0.3 is 14.2 Å². The molecule has 2 aromatic rings. The lowest BCUT2D eigenvalue weighted by molar-refractivity contribution is -0.139. The molecule has 142 valence electrons. The first kappa shape index (κ1) is 17.8. The first-order valence-corrected chi connectivity index (χ1v) is 10.2. The summed E-state index contributed by atoms with van der Waals surface area (Å²) in [6.07, 6.45) is 1.90. The summed E-state index contributed by atoms with van der Waals surface area (Å²) < 4.78 is 43.2. The Balaban J connectivity index is 1.56. The van der Waals surface area contributed by atoms with Crippen molar-refractivity contribution >= 4 is 16.0 Å². The maximum Gasteiger partial charge on any atom is 0.329 e. The monoisotopic (exact) mass is 389 g/mol. The number of piperidine rings is 1. The van der Waals surface area contributed by atoms with Crippen LogP contribution >= 0.6 is 0 Å². The Morgan fingerprint density at radius 2 is 1.81 bits per heavy atom. The van der Waals surface area contributed by atoms with Crippen LogP contribution < -0.4 is 14.2 Å². The SMILES string of the molecule is O=C(Oc1ccc2c(c1)OCO2)[C@@H]1CCCCN1S(=O)(=O)c1ccccc1. The fraction of sp³-hybridized carbons (Fsp3) is 0.316. The number of fused-ring (bicyclic) bond motifs is 1. The predicted molar refractivity (Wildman–Crippen MR) is 96.2 cm³/mol. The van der Waals surface area contributed by atoms with Gasteiger partial charge in [0.15, 0.2) is 11.5 Å². The lowest BCUT2D eigenvalue weighted by Crippen LogP contribution is -2.49. The Labute approximate surface area is 157 Å². The maximum atomic E-state index is 13.0. The van der Waals surface area contributed by atoms with Gasteiger partial charge in [-0.15, -0.1) is 0 Å². The highest BCUT2D eigenvalue weighted by Crippen LogP contribution is 2.35. The van der Waals surface area contributed by atoms with Crippen molar-refractivity contribution in [3.05, 3.63) is 48.5 Å². The molecule has 2 aliphatic rings. The average molecular weight is 389 g/mol. The lowest BCUT2D eigenvalue weighted by atomic mass is 10.1. The second-order valence-corrected chi connectivity index (χ2v) is 8.27. The zero-order valence-electron chi connectivity index (χ0n) is 14.5. The number of rotatable bonds is 4. The molecule has 2 aromatic carbocycles. The van der Waals surface area contributed by atoms with Crippen LogP contribution in [-0.4, -0.2) is 38.1 Å². The van der Waals surface area contributed by atoms with Gasteiger partial charge in [0.1, 0.15) is 11.8 Å². The van der Waals surface area contributed by atoms with Crippen LogP contribution in [0, 0.1) is 0 Å². The van der Waals surface area contributed by atoms with E-state index in [1.807, 2.05) is 0 Å². The smallest absolute Gasteiger partial charge is 0.329 e. The molecule has 0 amide bonds. The summed E-state index contributed by atoms with van der Waals surface area (Å²) in [6.45, 7) is 0.413. The quantitative estimate of drug-likeness (QED) is 0.590. The Bertz CT molecular complexity index is 944. The molecule has 0 bridgehead atoms. The number of carbonyl (C=O) groups excluding carboxylic acids is 1. The van der Waals surface area contributed by atoms with E-state index in [-0.39, 0.29) is 18.2 Å². The number of nitrogens with zero attached hydrogens (tertiary/aromatic N) is 1. The van der Waals surface area contributed by atoms with Crippen molar-refractivity contribution in [3.8, 4) is 17.2 Å². The molecule has 7 nitrogen and oxygen atoms in total. The predicted octanol–water partition coefficient (Wildman–Crippen LogP) is 2.56. The zero-order valence-corrected chi connectivity index (χ0v) is 15.4. The second-order valence-electron chi connectivity index (χ2n) is 6.38. The molecule has 0 aromatic heterocycles. The summed E-state index contributed by atoms with van der Waals surface area (Å²) in [6, 6.07) is 12.1. The first-order chi connectivity index (χ1) is 13.1. The van der Waals surface area contributed by atoms with Crippen LogP contribution in [0.5, 0.6) is 17.2 Å². The van der Waals surface area contributed by atoms with E-state index >= 15 is 0 Å². The standard InChI is InChI=1S/C19H19NO6S/c21-19(26-14-9-10-17-18(12-14)25-13-24-17)16-8-4-5-11-20(16)27(22,23)15-6-2-1-3-7-15/h1-3,6-7,9-10,12,16H,4-5,8,11,13H2/t16-/m0/s1. The lowest BCUT2D eigenvalue weighted by Gasteiger charge is -2.32. The van der Waals surface area contributed by atoms with E-state index < -0.39 is 22.0 Å². The average Bonchev–Trinajstić information content (AvgIpc) is 3.16. The van der Waals surface area contributed by atoms with E-state index in [9.17, 15) is 13.2 Å². The van der Waals surface area contributed by atoms with Gasteiger partial charge in [-0.2, -0.15) is 4.31 Å². The molecule has 1 atom stereocenters. The summed E-state index contributed by atoms with van der Waals surface area (Å²) in [5.74, 6) is 0.790. The van der Waals surface area contributed by atoms with Gasteiger partial charge in [0.25, 0.3) is 0 Å². The normalized spacial score (nSPS) is 19.6. The third-order valence-corrected chi connectivity index (χ3v) is 6.56. The highest BCUT2D eigenvalue weighted by atomic mass is 32.2. The van der Waals surface area contributed by atoms with Crippen LogP contribution in [0.15, 0.2) is 53.4 Å². The Kier molecular flexibility index (Phi) is 4.75. The fourth-order valence-electron chi connectivity index (χ4n) is 3.28. The summed E-state index contributed by atoms with van der Waals surface area (Å²) >= 11 is 0. The van der Waals surface area contributed by atoms with E-state index in [2.05, 4.69) is 0 Å². The van der Waals surface area contributed by atoms with E-state index in [4.69, 9.17) is 14.2 Å². The minimum atomic E-state index is -3.77. The first-order valence-electron chi connectivity index (χ1n) is 8.74. The molecule has 0 spiro atoms. The molecule has 0 radical (unpaired) electrons. The molecular weight excluding hydrogens is 370 g/mol. The Morgan fingerprint density at radius 1 is 1.04 bits per heavy atom. The third-order valence-electron chi connectivity index (χ3n) is 4.64. The van der Waals surface area contributed by atoms with Gasteiger partial charge in [-0.05, 0) is 43.5 Å². The largest absolute Gasteiger partial charge is 0.454 e. The van der Waals surface area contributed by atoms with E-state index in [0.717, 1.165) is 6.42 Å². The van der Waals surface area contributed by atoms with Gasteiger partial charge in [-0.25, -0.2) is 13.2 Å². The van der Waals surface area contributed by atoms with Crippen molar-refractivity contribution < 1.29 is 27.4 Å². The Hall–Kier alpha value is -2.58. The highest BCUT2D eigenvalue weighted by molar-refractivity contribution is 7.89. The molecule has 2 heterocycles. The van der Waals surface area contributed by atoms with Gasteiger partial charge >= 0.3 is 5.97 Å². The van der Waals surface area contributed by atoms with Crippen molar-refractivity contribution in [3.63, 3.8) is 0 Å². The number of ether oxygens (including phenoxy) is 3. The highest BCUT2D eigenvalue weighted by Gasteiger charge is 2.38. The molecule has 0 aliphatic carbocycles. The van der Waals surface area contributed by atoms with Crippen LogP contribution in [-0.2, 0) is 14.8 Å². The molecule has 1 fully saturated rings. The van der Waals surface area contributed by atoms with E-state index in [1.165, 1.54) is 16.4 Å². The summed E-state index contributed by atoms with van der Waals surface area (Å²) in [5.41, 5.74) is 0. The minimum absolute atomic E-state index is 0.123. The van der Waals surface area contributed by atoms with Crippen LogP contribution in [0.3, 0.4) is 0 Å². The summed E-state index contributed by atoms with van der Waals surface area (Å²) in [7, 11) is -3.77. The number of hydrogen-bond donors (Lipinski definition) is 0. The molecule has 0 saturated carbocycles. The Morgan fingerprint density at radius 3 is 2.63 bits per heavy atom. The fourth-order valence-corrected chi connectivity index (χ4v) is 4.95. The molecular formula is C19H19NO6S. The summed E-state index contributed by atoms with van der Waals surface area (Å²) in [5, 5.41) is 0. The molecule has 8 heteroatoms. The zero-order chi connectivity index (χ0) is 18.9. The summed E-state index contributed by atoms with van der Waals surface area (Å²) in [4.78, 5) is 12.9. The van der Waals surface area contributed by atoms with Gasteiger partial charge in [-0.1, -0.05) is 18.2 Å². The van der Waals surface area contributed by atoms with Gasteiger partial charge in [0, 0.05) is 12.6 Å². The minimum Gasteiger partial charge on any atom is -0.454 e. The van der Waals surface area contributed by atoms with Gasteiger partial charge in [0.05, 0.1) is 4.90 Å². The number of esters is 1. The third kappa shape index (κ3) is 3.50. The molecule has 2 aliphatic heterocycles. The maximum absolute atomic E-state index is 13.0. The number of hydrogen-bond acceptors (Lipinski definition) is 6. The van der Waals surface area contributed by atoms with E-state index in [1.54, 1.807) is 36.4 Å².